The van der Waals surface area contributed by atoms with Crippen LogP contribution in [0.4, 0.5) is 0 Å². The van der Waals surface area contributed by atoms with Crippen molar-refractivity contribution in [3.8, 4) is 0 Å². The van der Waals surface area contributed by atoms with Gasteiger partial charge in [-0.15, -0.1) is 0 Å². The van der Waals surface area contributed by atoms with E-state index in [1.165, 1.54) is 5.56 Å². The van der Waals surface area contributed by atoms with Gasteiger partial charge in [0.1, 0.15) is 12.1 Å². The Morgan fingerprint density at radius 1 is 1.04 bits per heavy atom. The molecule has 1 unspecified atom stereocenters. The first-order chi connectivity index (χ1) is 11.7. The molecule has 126 valence electrons. The van der Waals surface area contributed by atoms with Crippen LogP contribution in [-0.4, -0.2) is 29.5 Å². The lowest BCUT2D eigenvalue weighted by Crippen LogP contribution is -2.53. The van der Waals surface area contributed by atoms with E-state index in [9.17, 15) is 4.79 Å². The highest BCUT2D eigenvalue weighted by atomic mass is 16.5. The van der Waals surface area contributed by atoms with Crippen LogP contribution in [-0.2, 0) is 22.6 Å². The number of benzene rings is 2. The fraction of sp³-hybridized carbons (Fsp3) is 0.381. The van der Waals surface area contributed by atoms with Crippen LogP contribution in [0.25, 0.3) is 0 Å². The first-order valence-corrected chi connectivity index (χ1v) is 8.75. The molecule has 0 aliphatic carbocycles. The molecule has 3 nitrogen and oxygen atoms in total. The smallest absolute Gasteiger partial charge is 0.327 e. The zero-order valence-corrected chi connectivity index (χ0v) is 14.3. The lowest BCUT2D eigenvalue weighted by molar-refractivity contribution is -0.158. The number of esters is 1. The molecule has 1 heterocycles. The average Bonchev–Trinajstić information content (AvgIpc) is 3.05. The molecule has 3 heteroatoms. The van der Waals surface area contributed by atoms with Gasteiger partial charge in [0.05, 0.1) is 0 Å². The molecule has 0 radical (unpaired) electrons. The summed E-state index contributed by atoms with van der Waals surface area (Å²) in [6.07, 6.45) is 2.62. The molecule has 0 N–H and O–H groups in total. The monoisotopic (exact) mass is 323 g/mol. The summed E-state index contributed by atoms with van der Waals surface area (Å²) in [4.78, 5) is 15.3. The van der Waals surface area contributed by atoms with Crippen molar-refractivity contribution in [1.82, 2.24) is 4.90 Å². The van der Waals surface area contributed by atoms with Crippen LogP contribution < -0.4 is 0 Å². The van der Waals surface area contributed by atoms with Gasteiger partial charge in [-0.3, -0.25) is 9.69 Å². The Hall–Kier alpha value is -2.13. The van der Waals surface area contributed by atoms with Crippen molar-refractivity contribution in [3.05, 3.63) is 71.8 Å². The Balaban J connectivity index is 1.78. The second-order valence-corrected chi connectivity index (χ2v) is 6.44. The molecule has 0 spiro atoms. The number of hydrogen-bond acceptors (Lipinski definition) is 3. The number of likely N-dealkylation sites (tertiary alicyclic amines) is 1. The van der Waals surface area contributed by atoms with Crippen LogP contribution in [0.3, 0.4) is 0 Å². The zero-order valence-electron chi connectivity index (χ0n) is 14.3. The third-order valence-electron chi connectivity index (χ3n) is 4.94. The van der Waals surface area contributed by atoms with Gasteiger partial charge in [-0.25, -0.2) is 0 Å². The second-order valence-electron chi connectivity index (χ2n) is 6.44. The molecule has 3 rings (SSSR count). The molecule has 1 fully saturated rings. The van der Waals surface area contributed by atoms with E-state index in [1.807, 2.05) is 48.5 Å². The standard InChI is InChI=1S/C21H25NO2/c1-2-22-15-9-14-21(22,16-18-10-5-3-6-11-18)20(23)24-17-19-12-7-4-8-13-19/h3-8,10-13H,2,9,14-17H2,1H3. The van der Waals surface area contributed by atoms with E-state index < -0.39 is 5.54 Å². The van der Waals surface area contributed by atoms with Gasteiger partial charge in [0.15, 0.2) is 0 Å². The lowest BCUT2D eigenvalue weighted by Gasteiger charge is -2.36. The van der Waals surface area contributed by atoms with Crippen molar-refractivity contribution >= 4 is 5.97 Å². The predicted octanol–water partition coefficient (Wildman–Crippen LogP) is 3.83. The van der Waals surface area contributed by atoms with Gasteiger partial charge in [0.25, 0.3) is 0 Å². The predicted molar refractivity (Wildman–Crippen MR) is 95.6 cm³/mol. The van der Waals surface area contributed by atoms with Gasteiger partial charge >= 0.3 is 5.97 Å². The molecular formula is C21H25NO2. The Kier molecular flexibility index (Phi) is 5.31. The first-order valence-electron chi connectivity index (χ1n) is 8.75. The zero-order chi connectivity index (χ0) is 16.8. The molecule has 2 aromatic carbocycles. The molecule has 0 bridgehead atoms. The van der Waals surface area contributed by atoms with Crippen LogP contribution >= 0.6 is 0 Å². The van der Waals surface area contributed by atoms with E-state index in [2.05, 4.69) is 24.0 Å². The summed E-state index contributed by atoms with van der Waals surface area (Å²) in [5.74, 6) is -0.0884. The molecule has 0 amide bonds. The quantitative estimate of drug-likeness (QED) is 0.757. The van der Waals surface area contributed by atoms with Gasteiger partial charge in [-0.2, -0.15) is 0 Å². The summed E-state index contributed by atoms with van der Waals surface area (Å²) in [7, 11) is 0. The largest absolute Gasteiger partial charge is 0.459 e. The Bertz CT molecular complexity index is 656. The fourth-order valence-corrected chi connectivity index (χ4v) is 3.69. The summed E-state index contributed by atoms with van der Waals surface area (Å²) in [6.45, 7) is 4.29. The second kappa shape index (κ2) is 7.63. The van der Waals surface area contributed by atoms with Crippen molar-refractivity contribution in [2.75, 3.05) is 13.1 Å². The molecule has 0 saturated carbocycles. The number of rotatable bonds is 6. The van der Waals surface area contributed by atoms with E-state index in [-0.39, 0.29) is 5.97 Å². The number of carbonyl (C=O) groups is 1. The Morgan fingerprint density at radius 2 is 1.67 bits per heavy atom. The number of likely N-dealkylation sites (N-methyl/N-ethyl adjacent to an activating group) is 1. The van der Waals surface area contributed by atoms with Crippen molar-refractivity contribution in [2.45, 2.75) is 38.3 Å². The third-order valence-corrected chi connectivity index (χ3v) is 4.94. The molecule has 1 aliphatic heterocycles. The normalized spacial score (nSPS) is 20.9. The summed E-state index contributed by atoms with van der Waals surface area (Å²) >= 11 is 0. The van der Waals surface area contributed by atoms with Crippen LogP contribution in [0.2, 0.25) is 0 Å². The third kappa shape index (κ3) is 3.51. The maximum absolute atomic E-state index is 13.1. The van der Waals surface area contributed by atoms with Gasteiger partial charge in [-0.1, -0.05) is 67.6 Å². The average molecular weight is 323 g/mol. The summed E-state index contributed by atoms with van der Waals surface area (Å²) in [5, 5.41) is 0. The van der Waals surface area contributed by atoms with Gasteiger partial charge < -0.3 is 4.74 Å². The van der Waals surface area contributed by atoms with Crippen LogP contribution in [0, 0.1) is 0 Å². The van der Waals surface area contributed by atoms with Crippen molar-refractivity contribution < 1.29 is 9.53 Å². The Labute approximate surface area is 144 Å². The van der Waals surface area contributed by atoms with Gasteiger partial charge in [0, 0.05) is 6.42 Å². The van der Waals surface area contributed by atoms with Crippen LogP contribution in [0.15, 0.2) is 60.7 Å². The van der Waals surface area contributed by atoms with E-state index in [4.69, 9.17) is 4.74 Å². The molecule has 1 atom stereocenters. The minimum absolute atomic E-state index is 0.0884. The van der Waals surface area contributed by atoms with E-state index >= 15 is 0 Å². The molecular weight excluding hydrogens is 298 g/mol. The van der Waals surface area contributed by atoms with Gasteiger partial charge in [-0.05, 0) is 37.1 Å². The summed E-state index contributed by atoms with van der Waals surface area (Å²) in [6, 6.07) is 20.2. The minimum atomic E-state index is -0.523. The number of nitrogens with zero attached hydrogens (tertiary/aromatic N) is 1. The fourth-order valence-electron chi connectivity index (χ4n) is 3.69. The van der Waals surface area contributed by atoms with E-state index in [0.29, 0.717) is 6.61 Å². The molecule has 1 aliphatic rings. The number of hydrogen-bond donors (Lipinski definition) is 0. The highest BCUT2D eigenvalue weighted by molar-refractivity contribution is 5.82. The summed E-state index contributed by atoms with van der Waals surface area (Å²) in [5.41, 5.74) is 1.70. The molecule has 0 aromatic heterocycles. The van der Waals surface area contributed by atoms with Crippen LogP contribution in [0.5, 0.6) is 0 Å². The summed E-state index contributed by atoms with van der Waals surface area (Å²) < 4.78 is 5.74. The van der Waals surface area contributed by atoms with E-state index in [0.717, 1.165) is 37.9 Å². The van der Waals surface area contributed by atoms with Gasteiger partial charge in [0.2, 0.25) is 0 Å². The van der Waals surface area contributed by atoms with E-state index in [1.54, 1.807) is 0 Å². The lowest BCUT2D eigenvalue weighted by atomic mass is 9.88. The highest BCUT2D eigenvalue weighted by Gasteiger charge is 2.47. The van der Waals surface area contributed by atoms with Crippen molar-refractivity contribution in [3.63, 3.8) is 0 Å². The SMILES string of the molecule is CCN1CCCC1(Cc1ccccc1)C(=O)OCc1ccccc1. The number of ether oxygens (including phenoxy) is 1. The highest BCUT2D eigenvalue weighted by Crippen LogP contribution is 2.34. The molecule has 2 aromatic rings. The molecule has 1 saturated heterocycles. The number of carbonyl (C=O) groups excluding carboxylic acids is 1. The first kappa shape index (κ1) is 16.7. The topological polar surface area (TPSA) is 29.5 Å². The maximum atomic E-state index is 13.1. The maximum Gasteiger partial charge on any atom is 0.327 e. The van der Waals surface area contributed by atoms with Crippen molar-refractivity contribution in [1.29, 1.82) is 0 Å². The molecule has 24 heavy (non-hydrogen) atoms. The Morgan fingerprint density at radius 3 is 2.29 bits per heavy atom. The minimum Gasteiger partial charge on any atom is -0.459 e. The van der Waals surface area contributed by atoms with Crippen molar-refractivity contribution in [2.24, 2.45) is 0 Å². The van der Waals surface area contributed by atoms with Crippen LogP contribution in [0.1, 0.15) is 30.9 Å².